The molecule has 0 spiro atoms. The Balaban J connectivity index is 1.76. The van der Waals surface area contributed by atoms with E-state index in [1.807, 2.05) is 5.57 Å². The average molecular weight is 256 g/mol. The van der Waals surface area contributed by atoms with Crippen molar-refractivity contribution in [1.82, 2.24) is 0 Å². The number of hydrogen-bond acceptors (Lipinski definition) is 0. The zero-order valence-corrected chi connectivity index (χ0v) is 12.7. The van der Waals surface area contributed by atoms with Gasteiger partial charge >= 0.3 is 0 Å². The summed E-state index contributed by atoms with van der Waals surface area (Å²) in [6.07, 6.45) is 18.2. The molecule has 19 heavy (non-hydrogen) atoms. The van der Waals surface area contributed by atoms with Gasteiger partial charge in [0.1, 0.15) is 0 Å². The fourth-order valence-electron chi connectivity index (χ4n) is 5.99. The minimum absolute atomic E-state index is 0.463. The van der Waals surface area contributed by atoms with Crippen molar-refractivity contribution in [3.8, 4) is 0 Å². The predicted molar refractivity (Wildman–Crippen MR) is 80.9 cm³/mol. The van der Waals surface area contributed by atoms with Crippen LogP contribution in [0.25, 0.3) is 0 Å². The summed E-state index contributed by atoms with van der Waals surface area (Å²) in [6, 6.07) is 0. The van der Waals surface area contributed by atoms with Gasteiger partial charge in [-0.15, -0.1) is 0 Å². The molecule has 0 N–H and O–H groups in total. The molecule has 2 fully saturated rings. The Labute approximate surface area is 118 Å². The lowest BCUT2D eigenvalue weighted by Gasteiger charge is -2.52. The largest absolute Gasteiger partial charge is 0.0838 e. The molecule has 0 radical (unpaired) electrons. The van der Waals surface area contributed by atoms with Gasteiger partial charge in [-0.2, -0.15) is 0 Å². The quantitative estimate of drug-likeness (QED) is 0.491. The van der Waals surface area contributed by atoms with Crippen LogP contribution in [0.5, 0.6) is 0 Å². The first-order chi connectivity index (χ1) is 9.13. The van der Waals surface area contributed by atoms with Crippen molar-refractivity contribution in [2.45, 2.75) is 71.6 Å². The Morgan fingerprint density at radius 2 is 1.95 bits per heavy atom. The third-order valence-electron chi connectivity index (χ3n) is 7.17. The third-order valence-corrected chi connectivity index (χ3v) is 7.17. The summed E-state index contributed by atoms with van der Waals surface area (Å²) >= 11 is 0. The van der Waals surface area contributed by atoms with Crippen molar-refractivity contribution in [3.05, 3.63) is 23.3 Å². The number of hydrogen-bond donors (Lipinski definition) is 0. The van der Waals surface area contributed by atoms with E-state index in [1.165, 1.54) is 57.8 Å². The molecule has 2 saturated carbocycles. The van der Waals surface area contributed by atoms with Crippen molar-refractivity contribution < 1.29 is 0 Å². The number of rotatable bonds is 0. The smallest absolute Gasteiger partial charge is 0.00952 e. The Kier molecular flexibility index (Phi) is 2.57. The van der Waals surface area contributed by atoms with Gasteiger partial charge < -0.3 is 0 Å². The molecule has 0 aliphatic heterocycles. The number of allylic oxidation sites excluding steroid dienone is 4. The first-order valence-electron chi connectivity index (χ1n) is 8.54. The van der Waals surface area contributed by atoms with Crippen LogP contribution in [0.15, 0.2) is 23.3 Å². The average Bonchev–Trinajstić information content (AvgIpc) is 2.79. The SMILES string of the molecule is C[C@]12CCCCC1=CC[C@@H]1C2=CC[C@]2(C)CCC[C@@H]12. The van der Waals surface area contributed by atoms with Gasteiger partial charge in [-0.25, -0.2) is 0 Å². The van der Waals surface area contributed by atoms with E-state index in [0.29, 0.717) is 10.8 Å². The molecule has 4 aliphatic rings. The molecule has 0 heteroatoms. The molecule has 4 rings (SSSR count). The topological polar surface area (TPSA) is 0 Å². The van der Waals surface area contributed by atoms with Crippen molar-refractivity contribution in [2.24, 2.45) is 22.7 Å². The molecule has 0 nitrogen and oxygen atoms in total. The van der Waals surface area contributed by atoms with Crippen LogP contribution in [-0.2, 0) is 0 Å². The highest BCUT2D eigenvalue weighted by Crippen LogP contribution is 2.62. The van der Waals surface area contributed by atoms with E-state index in [-0.39, 0.29) is 0 Å². The molecule has 104 valence electrons. The van der Waals surface area contributed by atoms with Crippen molar-refractivity contribution >= 4 is 0 Å². The lowest BCUT2D eigenvalue weighted by molar-refractivity contribution is 0.132. The Morgan fingerprint density at radius 1 is 1.05 bits per heavy atom. The maximum absolute atomic E-state index is 2.70. The highest BCUT2D eigenvalue weighted by molar-refractivity contribution is 5.38. The molecule has 0 amide bonds. The molecule has 4 aliphatic carbocycles. The van der Waals surface area contributed by atoms with Crippen molar-refractivity contribution in [1.29, 1.82) is 0 Å². The van der Waals surface area contributed by atoms with Crippen LogP contribution >= 0.6 is 0 Å². The molecule has 0 saturated heterocycles. The Hall–Kier alpha value is -0.520. The van der Waals surface area contributed by atoms with Crippen LogP contribution in [0.3, 0.4) is 0 Å². The maximum Gasteiger partial charge on any atom is 0.00952 e. The highest BCUT2D eigenvalue weighted by Gasteiger charge is 2.51. The van der Waals surface area contributed by atoms with E-state index in [1.54, 1.807) is 5.57 Å². The molecule has 0 heterocycles. The van der Waals surface area contributed by atoms with Gasteiger partial charge in [0.2, 0.25) is 0 Å². The maximum atomic E-state index is 2.70. The molecule has 0 aromatic carbocycles. The zero-order valence-electron chi connectivity index (χ0n) is 12.7. The normalized spacial score (nSPS) is 48.7. The minimum Gasteiger partial charge on any atom is -0.0838 e. The van der Waals surface area contributed by atoms with E-state index < -0.39 is 0 Å². The first kappa shape index (κ1) is 12.2. The van der Waals surface area contributed by atoms with Gasteiger partial charge in [0.05, 0.1) is 0 Å². The second-order valence-electron chi connectivity index (χ2n) is 8.13. The minimum atomic E-state index is 0.463. The molecular formula is C19H28. The second kappa shape index (κ2) is 3.99. The first-order valence-corrected chi connectivity index (χ1v) is 8.54. The molecule has 0 aromatic rings. The summed E-state index contributed by atoms with van der Waals surface area (Å²) in [5.74, 6) is 1.89. The third kappa shape index (κ3) is 1.58. The molecular weight excluding hydrogens is 228 g/mol. The lowest BCUT2D eigenvalue weighted by Crippen LogP contribution is -2.41. The zero-order chi connectivity index (χ0) is 13.1. The molecule has 0 unspecified atom stereocenters. The Morgan fingerprint density at radius 3 is 2.84 bits per heavy atom. The summed E-state index contributed by atoms with van der Waals surface area (Å²) in [4.78, 5) is 0. The van der Waals surface area contributed by atoms with Gasteiger partial charge in [0.25, 0.3) is 0 Å². The van der Waals surface area contributed by atoms with Gasteiger partial charge in [-0.1, -0.05) is 50.0 Å². The van der Waals surface area contributed by atoms with Crippen LogP contribution in [0.2, 0.25) is 0 Å². The van der Waals surface area contributed by atoms with Crippen LogP contribution in [0.4, 0.5) is 0 Å². The van der Waals surface area contributed by atoms with Crippen LogP contribution in [0.1, 0.15) is 71.6 Å². The van der Waals surface area contributed by atoms with Crippen molar-refractivity contribution in [3.63, 3.8) is 0 Å². The highest BCUT2D eigenvalue weighted by atomic mass is 14.6. The number of fused-ring (bicyclic) bond motifs is 5. The molecule has 0 bridgehead atoms. The van der Waals surface area contributed by atoms with Gasteiger partial charge in [-0.05, 0) is 62.2 Å². The standard InChI is InChI=1S/C19H28/c1-18-11-5-7-16(18)15-9-8-14-6-3-4-12-19(14,2)17(15)10-13-18/h8,10,15-16H,3-7,9,11-13H2,1-2H3/t15-,16-,18-,19-/m0/s1. The van der Waals surface area contributed by atoms with Crippen molar-refractivity contribution in [2.75, 3.05) is 0 Å². The molecule has 0 aromatic heterocycles. The predicted octanol–water partition coefficient (Wildman–Crippen LogP) is 5.65. The van der Waals surface area contributed by atoms with E-state index in [9.17, 15) is 0 Å². The summed E-state index contributed by atoms with van der Waals surface area (Å²) < 4.78 is 0. The van der Waals surface area contributed by atoms with E-state index >= 15 is 0 Å². The van der Waals surface area contributed by atoms with Crippen LogP contribution in [0, 0.1) is 22.7 Å². The van der Waals surface area contributed by atoms with E-state index in [4.69, 9.17) is 0 Å². The summed E-state index contributed by atoms with van der Waals surface area (Å²) in [7, 11) is 0. The summed E-state index contributed by atoms with van der Waals surface area (Å²) in [5.41, 5.74) is 4.77. The van der Waals surface area contributed by atoms with Crippen LogP contribution in [-0.4, -0.2) is 0 Å². The molecule has 4 atom stereocenters. The van der Waals surface area contributed by atoms with Gasteiger partial charge in [0.15, 0.2) is 0 Å². The Bertz CT molecular complexity index is 455. The van der Waals surface area contributed by atoms with E-state index in [2.05, 4.69) is 26.0 Å². The summed E-state index contributed by atoms with van der Waals surface area (Å²) in [5, 5.41) is 0. The second-order valence-corrected chi connectivity index (χ2v) is 8.13. The fourth-order valence-corrected chi connectivity index (χ4v) is 5.99. The van der Waals surface area contributed by atoms with Gasteiger partial charge in [0, 0.05) is 5.41 Å². The van der Waals surface area contributed by atoms with Gasteiger partial charge in [-0.3, -0.25) is 0 Å². The fraction of sp³-hybridized carbons (Fsp3) is 0.789. The monoisotopic (exact) mass is 256 g/mol. The van der Waals surface area contributed by atoms with Crippen LogP contribution < -0.4 is 0 Å². The summed E-state index contributed by atoms with van der Waals surface area (Å²) in [6.45, 7) is 5.13. The van der Waals surface area contributed by atoms with E-state index in [0.717, 1.165) is 11.8 Å². The lowest BCUT2D eigenvalue weighted by atomic mass is 9.53.